The highest BCUT2D eigenvalue weighted by Gasteiger charge is 2.21. The smallest absolute Gasteiger partial charge is 0.164 e. The number of hydrogen-bond acceptors (Lipinski definition) is 5. The van der Waals surface area contributed by atoms with Gasteiger partial charge in [0.05, 0.1) is 0 Å². The van der Waals surface area contributed by atoms with Crippen LogP contribution < -0.4 is 4.90 Å². The van der Waals surface area contributed by atoms with Crippen LogP contribution in [0, 0.1) is 0 Å². The first-order valence-corrected chi connectivity index (χ1v) is 18.0. The van der Waals surface area contributed by atoms with E-state index in [-0.39, 0.29) is 0 Å². The van der Waals surface area contributed by atoms with E-state index < -0.39 is 0 Å². The molecule has 0 aliphatic heterocycles. The van der Waals surface area contributed by atoms with Crippen molar-refractivity contribution in [3.05, 3.63) is 194 Å². The SMILES string of the molecule is c1ccc(-c2nc(-c3ccccc3)nc(-c3cc4c(oc5cccc(-c6cccc(N(c7ccccc7)c7ccccc7)c6)c54)c4ccccc34)n2)cc1. The van der Waals surface area contributed by atoms with Crippen LogP contribution in [0.3, 0.4) is 0 Å². The Morgan fingerprint density at radius 3 is 1.48 bits per heavy atom. The number of anilines is 3. The number of fused-ring (bicyclic) bond motifs is 5. The number of rotatable bonds is 7. The van der Waals surface area contributed by atoms with Crippen molar-refractivity contribution in [2.24, 2.45) is 0 Å². The molecule has 0 aliphatic carbocycles. The fraction of sp³-hybridized carbons (Fsp3) is 0. The van der Waals surface area contributed by atoms with Crippen LogP contribution in [0.4, 0.5) is 17.1 Å². The predicted octanol–water partition coefficient (Wildman–Crippen LogP) is 13.1. The molecule has 8 aromatic carbocycles. The van der Waals surface area contributed by atoms with Gasteiger partial charge in [-0.1, -0.05) is 146 Å². The van der Waals surface area contributed by atoms with Gasteiger partial charge in [0.1, 0.15) is 11.2 Å². The standard InChI is InChI=1S/C49H32N4O/c1-5-17-33(18-6-1)47-50-48(34-19-7-2-8-20-34)52-49(51-47)42-32-43-45-39(29-16-30-44(45)54-46(43)41-28-14-13-27-40(41)42)35-21-15-26-38(31-35)53(36-22-9-3-10-23-36)37-24-11-4-12-25-37/h1-32H. The summed E-state index contributed by atoms with van der Waals surface area (Å²) in [5, 5.41) is 4.07. The van der Waals surface area contributed by atoms with Crippen LogP contribution in [0.1, 0.15) is 0 Å². The second kappa shape index (κ2) is 13.3. The van der Waals surface area contributed by atoms with Crippen LogP contribution in [0.5, 0.6) is 0 Å². The molecule has 0 saturated heterocycles. The van der Waals surface area contributed by atoms with Crippen molar-refractivity contribution in [2.75, 3.05) is 4.90 Å². The third-order valence-electron chi connectivity index (χ3n) is 9.89. The number of para-hydroxylation sites is 2. The lowest BCUT2D eigenvalue weighted by Crippen LogP contribution is -2.09. The van der Waals surface area contributed by atoms with E-state index in [9.17, 15) is 0 Å². The zero-order chi connectivity index (χ0) is 35.8. The number of furan rings is 1. The molecule has 2 heterocycles. The largest absolute Gasteiger partial charge is 0.455 e. The van der Waals surface area contributed by atoms with Crippen molar-refractivity contribution in [2.45, 2.75) is 0 Å². The summed E-state index contributed by atoms with van der Waals surface area (Å²) in [6.45, 7) is 0. The van der Waals surface area contributed by atoms with E-state index in [1.54, 1.807) is 0 Å². The summed E-state index contributed by atoms with van der Waals surface area (Å²) >= 11 is 0. The van der Waals surface area contributed by atoms with Gasteiger partial charge >= 0.3 is 0 Å². The first kappa shape index (κ1) is 31.4. The Balaban J connectivity index is 1.20. The van der Waals surface area contributed by atoms with E-state index in [4.69, 9.17) is 19.4 Å². The Morgan fingerprint density at radius 2 is 0.852 bits per heavy atom. The number of hydrogen-bond donors (Lipinski definition) is 0. The molecule has 2 aromatic heterocycles. The molecule has 0 bridgehead atoms. The Morgan fingerprint density at radius 1 is 0.352 bits per heavy atom. The third kappa shape index (κ3) is 5.56. The molecule has 0 N–H and O–H groups in total. The maximum absolute atomic E-state index is 6.76. The van der Waals surface area contributed by atoms with Gasteiger partial charge < -0.3 is 9.32 Å². The topological polar surface area (TPSA) is 55.1 Å². The van der Waals surface area contributed by atoms with Crippen LogP contribution >= 0.6 is 0 Å². The highest BCUT2D eigenvalue weighted by Crippen LogP contribution is 2.44. The average Bonchev–Trinajstić information content (AvgIpc) is 3.64. The lowest BCUT2D eigenvalue weighted by molar-refractivity contribution is 0.673. The number of benzene rings is 8. The Hall–Kier alpha value is -7.37. The molecule has 0 radical (unpaired) electrons. The van der Waals surface area contributed by atoms with Crippen molar-refractivity contribution in [1.29, 1.82) is 0 Å². The van der Waals surface area contributed by atoms with Crippen LogP contribution in [0.15, 0.2) is 199 Å². The molecule has 0 atom stereocenters. The van der Waals surface area contributed by atoms with Crippen molar-refractivity contribution in [3.63, 3.8) is 0 Å². The summed E-state index contributed by atoms with van der Waals surface area (Å²) in [5.41, 5.74) is 9.85. The molecular weight excluding hydrogens is 661 g/mol. The molecular formula is C49H32N4O. The highest BCUT2D eigenvalue weighted by atomic mass is 16.3. The summed E-state index contributed by atoms with van der Waals surface area (Å²) in [6.07, 6.45) is 0. The molecule has 0 spiro atoms. The van der Waals surface area contributed by atoms with Crippen molar-refractivity contribution in [3.8, 4) is 45.3 Å². The molecule has 10 rings (SSSR count). The van der Waals surface area contributed by atoms with Gasteiger partial charge in [-0.2, -0.15) is 0 Å². The molecule has 0 saturated carbocycles. The van der Waals surface area contributed by atoms with Crippen LogP contribution in [-0.2, 0) is 0 Å². The van der Waals surface area contributed by atoms with Crippen LogP contribution in [-0.4, -0.2) is 15.0 Å². The molecule has 5 heteroatoms. The monoisotopic (exact) mass is 692 g/mol. The maximum atomic E-state index is 6.76. The van der Waals surface area contributed by atoms with Gasteiger partial charge in [0.15, 0.2) is 17.5 Å². The Kier molecular flexibility index (Phi) is 7.73. The van der Waals surface area contributed by atoms with Gasteiger partial charge in [-0.05, 0) is 65.0 Å². The first-order valence-electron chi connectivity index (χ1n) is 18.0. The van der Waals surface area contributed by atoms with E-state index in [0.717, 1.165) is 77.6 Å². The van der Waals surface area contributed by atoms with Gasteiger partial charge in [0.25, 0.3) is 0 Å². The van der Waals surface area contributed by atoms with Crippen molar-refractivity contribution >= 4 is 49.8 Å². The molecule has 254 valence electrons. The normalized spacial score (nSPS) is 11.3. The fourth-order valence-corrected chi connectivity index (χ4v) is 7.42. The molecule has 0 unspecified atom stereocenters. The summed E-state index contributed by atoms with van der Waals surface area (Å²) in [4.78, 5) is 17.5. The van der Waals surface area contributed by atoms with Gasteiger partial charge in [0, 0.05) is 49.9 Å². The maximum Gasteiger partial charge on any atom is 0.164 e. The van der Waals surface area contributed by atoms with Crippen LogP contribution in [0.2, 0.25) is 0 Å². The quantitative estimate of drug-likeness (QED) is 0.166. The van der Waals surface area contributed by atoms with E-state index in [1.165, 1.54) is 0 Å². The lowest BCUT2D eigenvalue weighted by atomic mass is 9.95. The zero-order valence-corrected chi connectivity index (χ0v) is 29.2. The molecule has 0 amide bonds. The molecule has 54 heavy (non-hydrogen) atoms. The van der Waals surface area contributed by atoms with E-state index >= 15 is 0 Å². The van der Waals surface area contributed by atoms with E-state index in [1.807, 2.05) is 72.8 Å². The van der Waals surface area contributed by atoms with E-state index in [2.05, 4.69) is 126 Å². The molecule has 5 nitrogen and oxygen atoms in total. The zero-order valence-electron chi connectivity index (χ0n) is 29.2. The van der Waals surface area contributed by atoms with Gasteiger partial charge in [0.2, 0.25) is 0 Å². The highest BCUT2D eigenvalue weighted by molar-refractivity contribution is 6.22. The minimum absolute atomic E-state index is 0.607. The number of nitrogens with zero attached hydrogens (tertiary/aromatic N) is 4. The summed E-state index contributed by atoms with van der Waals surface area (Å²) in [7, 11) is 0. The van der Waals surface area contributed by atoms with E-state index in [0.29, 0.717) is 17.5 Å². The predicted molar refractivity (Wildman–Crippen MR) is 221 cm³/mol. The van der Waals surface area contributed by atoms with Crippen LogP contribution in [0.25, 0.3) is 78.0 Å². The van der Waals surface area contributed by atoms with Gasteiger partial charge in [-0.3, -0.25) is 0 Å². The van der Waals surface area contributed by atoms with Gasteiger partial charge in [-0.25, -0.2) is 15.0 Å². The molecule has 0 fully saturated rings. The number of aromatic nitrogens is 3. The van der Waals surface area contributed by atoms with Gasteiger partial charge in [-0.15, -0.1) is 0 Å². The first-order chi connectivity index (χ1) is 26.8. The second-order valence-electron chi connectivity index (χ2n) is 13.2. The third-order valence-corrected chi connectivity index (χ3v) is 9.89. The lowest BCUT2D eigenvalue weighted by Gasteiger charge is -2.26. The van der Waals surface area contributed by atoms with Crippen molar-refractivity contribution < 1.29 is 4.42 Å². The minimum atomic E-state index is 0.607. The summed E-state index contributed by atoms with van der Waals surface area (Å²) < 4.78 is 6.76. The second-order valence-corrected chi connectivity index (χ2v) is 13.2. The Labute approximate surface area is 312 Å². The average molecular weight is 693 g/mol. The summed E-state index contributed by atoms with van der Waals surface area (Å²) in [6, 6.07) is 66.8. The summed E-state index contributed by atoms with van der Waals surface area (Å²) in [5.74, 6) is 1.86. The molecule has 0 aliphatic rings. The minimum Gasteiger partial charge on any atom is -0.455 e. The fourth-order valence-electron chi connectivity index (χ4n) is 7.42. The Bertz CT molecular complexity index is 2830. The van der Waals surface area contributed by atoms with Crippen molar-refractivity contribution in [1.82, 2.24) is 15.0 Å². The molecule has 10 aromatic rings.